The third-order valence-corrected chi connectivity index (χ3v) is 6.91. The summed E-state index contributed by atoms with van der Waals surface area (Å²) in [5.41, 5.74) is 18.3. The van der Waals surface area contributed by atoms with Crippen molar-refractivity contribution >= 4 is 44.5 Å². The molecule has 4 rings (SSSR count). The third-order valence-electron chi connectivity index (χ3n) is 5.00. The molecule has 0 radical (unpaired) electrons. The molecule has 0 aliphatic carbocycles. The van der Waals surface area contributed by atoms with E-state index in [2.05, 4.69) is 20.3 Å². The Bertz CT molecular complexity index is 1320. The van der Waals surface area contributed by atoms with E-state index in [0.29, 0.717) is 18.8 Å². The summed E-state index contributed by atoms with van der Waals surface area (Å²) in [5.74, 6) is -0.0803. The molecule has 3 aromatic rings. The van der Waals surface area contributed by atoms with E-state index in [-0.39, 0.29) is 39.2 Å². The molecule has 1 aromatic carbocycles. The van der Waals surface area contributed by atoms with Gasteiger partial charge in [-0.25, -0.2) is 13.4 Å². The minimum Gasteiger partial charge on any atom is -0.382 e. The number of nitrogens with zero attached hydrogens (tertiary/aromatic N) is 7. The molecule has 12 nitrogen and oxygen atoms in total. The number of rotatable bonds is 4. The number of nitriles is 1. The van der Waals surface area contributed by atoms with Gasteiger partial charge in [0.1, 0.15) is 23.3 Å². The van der Waals surface area contributed by atoms with Crippen molar-refractivity contribution in [3.05, 3.63) is 29.8 Å². The molecule has 0 unspecified atom stereocenters. The average molecular weight is 440 g/mol. The van der Waals surface area contributed by atoms with Crippen LogP contribution in [0, 0.1) is 11.3 Å². The molecule has 6 N–H and O–H groups in total. The lowest BCUT2D eigenvalue weighted by Crippen LogP contribution is -2.35. The topological polar surface area (TPSA) is 194 Å². The van der Waals surface area contributed by atoms with E-state index in [1.807, 2.05) is 6.07 Å². The van der Waals surface area contributed by atoms with E-state index in [1.165, 1.54) is 21.0 Å². The summed E-state index contributed by atoms with van der Waals surface area (Å²) >= 11 is 0. The van der Waals surface area contributed by atoms with E-state index in [1.54, 1.807) is 12.1 Å². The fourth-order valence-electron chi connectivity index (χ4n) is 3.35. The highest BCUT2D eigenvalue weighted by molar-refractivity contribution is 7.89. The van der Waals surface area contributed by atoms with Crippen molar-refractivity contribution in [3.63, 3.8) is 0 Å². The Morgan fingerprint density at radius 2 is 1.68 bits per heavy atom. The van der Waals surface area contributed by atoms with Crippen LogP contribution >= 0.6 is 0 Å². The summed E-state index contributed by atoms with van der Waals surface area (Å²) in [7, 11) is -3.53. The number of piperidine rings is 1. The van der Waals surface area contributed by atoms with Gasteiger partial charge in [0.15, 0.2) is 17.2 Å². The number of hydrogen-bond donors (Lipinski definition) is 3. The molecule has 3 heterocycles. The lowest BCUT2D eigenvalue weighted by atomic mass is 10.2. The number of benzene rings is 1. The van der Waals surface area contributed by atoms with Crippen LogP contribution in [0.4, 0.5) is 28.8 Å². The Morgan fingerprint density at radius 3 is 2.32 bits per heavy atom. The van der Waals surface area contributed by atoms with Crippen molar-refractivity contribution in [2.45, 2.75) is 24.2 Å². The fourth-order valence-corrected chi connectivity index (χ4v) is 4.87. The molecule has 0 spiro atoms. The second-order valence-electron chi connectivity index (χ2n) is 7.00. The maximum Gasteiger partial charge on any atom is 0.243 e. The van der Waals surface area contributed by atoms with Crippen molar-refractivity contribution in [2.75, 3.05) is 30.3 Å². The maximum atomic E-state index is 12.7. The number of sulfonamides is 1. The number of fused-ring (bicyclic) bond motifs is 1. The Kier molecular flexibility index (Phi) is 5.17. The first-order valence-electron chi connectivity index (χ1n) is 9.48. The van der Waals surface area contributed by atoms with E-state index in [4.69, 9.17) is 22.5 Å². The summed E-state index contributed by atoms with van der Waals surface area (Å²) in [5, 5.41) is 21.4. The van der Waals surface area contributed by atoms with Crippen LogP contribution in [0.5, 0.6) is 0 Å². The summed E-state index contributed by atoms with van der Waals surface area (Å²) in [6.45, 7) is 1.06. The van der Waals surface area contributed by atoms with Crippen molar-refractivity contribution in [1.82, 2.24) is 18.9 Å². The van der Waals surface area contributed by atoms with Gasteiger partial charge >= 0.3 is 0 Å². The number of nitrogens with two attached hydrogens (primary N) is 3. The smallest absolute Gasteiger partial charge is 0.243 e. The van der Waals surface area contributed by atoms with E-state index in [9.17, 15) is 8.42 Å². The van der Waals surface area contributed by atoms with Crippen LogP contribution in [-0.2, 0) is 10.0 Å². The summed E-state index contributed by atoms with van der Waals surface area (Å²) in [6.07, 6.45) is 2.78. The van der Waals surface area contributed by atoms with Gasteiger partial charge in [0, 0.05) is 13.1 Å². The zero-order valence-corrected chi connectivity index (χ0v) is 17.2. The standard InChI is InChI=1S/C18H20N10O2S/c19-10-13-15(20)23-18-14(16(21)26-28(18)17(13)22)25-24-11-4-6-12(7-5-11)31(29,30)27-8-2-1-3-9-27/h4-7H,1-3,8-9,22H2,(H2,20,23)(H2,21,26). The van der Waals surface area contributed by atoms with Crippen molar-refractivity contribution in [2.24, 2.45) is 10.2 Å². The van der Waals surface area contributed by atoms with Gasteiger partial charge in [-0.05, 0) is 37.1 Å². The lowest BCUT2D eigenvalue weighted by molar-refractivity contribution is 0.346. The molecule has 0 atom stereocenters. The highest BCUT2D eigenvalue weighted by Crippen LogP contribution is 2.32. The van der Waals surface area contributed by atoms with Crippen LogP contribution < -0.4 is 17.2 Å². The van der Waals surface area contributed by atoms with E-state index in [0.717, 1.165) is 19.3 Å². The Hall–Kier alpha value is -3.76. The van der Waals surface area contributed by atoms with Gasteiger partial charge in [-0.3, -0.25) is 0 Å². The van der Waals surface area contributed by atoms with Gasteiger partial charge in [-0.1, -0.05) is 6.42 Å². The highest BCUT2D eigenvalue weighted by Gasteiger charge is 2.25. The minimum atomic E-state index is -3.53. The van der Waals surface area contributed by atoms with Gasteiger partial charge in [-0.15, -0.1) is 10.2 Å². The SMILES string of the molecule is N#Cc1c(N)nc2c(N=Nc3ccc(S(=O)(=O)N4CCCCC4)cc3)c(N)nn2c1N. The fraction of sp³-hybridized carbons (Fsp3) is 0.278. The minimum absolute atomic E-state index is 0.00161. The Balaban J connectivity index is 1.63. The summed E-state index contributed by atoms with van der Waals surface area (Å²) in [4.78, 5) is 4.30. The first-order valence-corrected chi connectivity index (χ1v) is 10.9. The van der Waals surface area contributed by atoms with Gasteiger partial charge in [0.05, 0.1) is 10.6 Å². The normalized spacial score (nSPS) is 15.5. The van der Waals surface area contributed by atoms with Crippen LogP contribution in [0.25, 0.3) is 5.65 Å². The van der Waals surface area contributed by atoms with Crippen LogP contribution in [0.15, 0.2) is 39.4 Å². The molecule has 0 amide bonds. The predicted octanol–water partition coefficient (Wildman–Crippen LogP) is 1.94. The molecular formula is C18H20N10O2S. The van der Waals surface area contributed by atoms with Crippen LogP contribution in [-0.4, -0.2) is 40.4 Å². The predicted molar refractivity (Wildman–Crippen MR) is 114 cm³/mol. The maximum absolute atomic E-state index is 12.7. The van der Waals surface area contributed by atoms with Gasteiger partial charge in [-0.2, -0.15) is 19.2 Å². The van der Waals surface area contributed by atoms with Crippen LogP contribution in [0.1, 0.15) is 24.8 Å². The number of anilines is 3. The Morgan fingerprint density at radius 1 is 1.00 bits per heavy atom. The monoisotopic (exact) mass is 440 g/mol. The van der Waals surface area contributed by atoms with Crippen molar-refractivity contribution in [1.29, 1.82) is 5.26 Å². The lowest BCUT2D eigenvalue weighted by Gasteiger charge is -2.25. The first kappa shape index (κ1) is 20.5. The van der Waals surface area contributed by atoms with Crippen molar-refractivity contribution in [3.8, 4) is 6.07 Å². The Labute approximate surface area is 178 Å². The molecule has 1 aliphatic heterocycles. The third kappa shape index (κ3) is 3.62. The molecule has 1 saturated heterocycles. The molecule has 31 heavy (non-hydrogen) atoms. The van der Waals surface area contributed by atoms with Crippen molar-refractivity contribution < 1.29 is 8.42 Å². The molecule has 1 aliphatic rings. The highest BCUT2D eigenvalue weighted by atomic mass is 32.2. The second kappa shape index (κ2) is 7.82. The van der Waals surface area contributed by atoms with Gasteiger partial charge in [0.25, 0.3) is 0 Å². The van der Waals surface area contributed by atoms with Gasteiger partial charge in [0.2, 0.25) is 10.0 Å². The van der Waals surface area contributed by atoms with Crippen LogP contribution in [0.2, 0.25) is 0 Å². The molecule has 0 saturated carbocycles. The van der Waals surface area contributed by atoms with Crippen LogP contribution in [0.3, 0.4) is 0 Å². The zero-order chi connectivity index (χ0) is 22.2. The molecular weight excluding hydrogens is 420 g/mol. The second-order valence-corrected chi connectivity index (χ2v) is 8.93. The average Bonchev–Trinajstić information content (AvgIpc) is 3.08. The number of azo groups is 1. The summed E-state index contributed by atoms with van der Waals surface area (Å²) < 4.78 is 28.2. The van der Waals surface area contributed by atoms with Gasteiger partial charge < -0.3 is 17.2 Å². The largest absolute Gasteiger partial charge is 0.382 e. The molecule has 2 aromatic heterocycles. The first-order chi connectivity index (χ1) is 14.8. The molecule has 13 heteroatoms. The zero-order valence-electron chi connectivity index (χ0n) is 16.4. The molecule has 0 bridgehead atoms. The molecule has 160 valence electrons. The molecule has 1 fully saturated rings. The number of nitrogen functional groups attached to an aromatic ring is 3. The number of aromatic nitrogens is 3. The number of hydrogen-bond acceptors (Lipinski definition) is 10. The quantitative estimate of drug-likeness (QED) is 0.512. The van der Waals surface area contributed by atoms with E-state index >= 15 is 0 Å². The van der Waals surface area contributed by atoms with E-state index < -0.39 is 10.0 Å². The summed E-state index contributed by atoms with van der Waals surface area (Å²) in [6, 6.07) is 7.94.